The molecule has 0 bridgehead atoms. The molecular weight excluding hydrogens is 406 g/mol. The highest BCUT2D eigenvalue weighted by Crippen LogP contribution is 2.31. The lowest BCUT2D eigenvalue weighted by atomic mass is 9.96. The number of hydrogen-bond acceptors (Lipinski definition) is 5. The Kier molecular flexibility index (Phi) is 5.52. The Morgan fingerprint density at radius 3 is 2.73 bits per heavy atom. The van der Waals surface area contributed by atoms with Crippen molar-refractivity contribution in [3.63, 3.8) is 0 Å². The highest BCUT2D eigenvalue weighted by molar-refractivity contribution is 6.30. The topological polar surface area (TPSA) is 72.9 Å². The van der Waals surface area contributed by atoms with Crippen LogP contribution in [0.4, 0.5) is 5.69 Å². The summed E-state index contributed by atoms with van der Waals surface area (Å²) in [5.74, 6) is -0.536. The second kappa shape index (κ2) is 8.11. The average molecular weight is 428 g/mol. The largest absolute Gasteiger partial charge is 0.492 e. The van der Waals surface area contributed by atoms with Gasteiger partial charge in [-0.25, -0.2) is 0 Å². The fraction of sp³-hybridized carbons (Fsp3) is 0.348. The van der Waals surface area contributed by atoms with Crippen LogP contribution in [0, 0.1) is 5.92 Å². The van der Waals surface area contributed by atoms with Crippen LogP contribution in [0.15, 0.2) is 36.4 Å². The van der Waals surface area contributed by atoms with E-state index in [2.05, 4.69) is 0 Å². The average Bonchev–Trinajstić information content (AvgIpc) is 3.16. The van der Waals surface area contributed by atoms with Crippen LogP contribution < -0.4 is 9.64 Å². The van der Waals surface area contributed by atoms with Crippen LogP contribution in [-0.4, -0.2) is 36.9 Å². The third-order valence-electron chi connectivity index (χ3n) is 5.56. The SMILES string of the molecule is CC(=O)N1CCc2cc(C(=O)[C@@H](C)OC(=O)[C@H]3COc4ccc(Cl)cc4C3)ccc21. The van der Waals surface area contributed by atoms with Crippen LogP contribution in [0.5, 0.6) is 5.75 Å². The van der Waals surface area contributed by atoms with E-state index in [9.17, 15) is 14.4 Å². The predicted octanol–water partition coefficient (Wildman–Crippen LogP) is 3.61. The van der Waals surface area contributed by atoms with Crippen LogP contribution >= 0.6 is 11.6 Å². The van der Waals surface area contributed by atoms with Gasteiger partial charge in [0.1, 0.15) is 12.4 Å². The number of halogens is 1. The summed E-state index contributed by atoms with van der Waals surface area (Å²) in [6, 6.07) is 10.5. The van der Waals surface area contributed by atoms with E-state index in [-0.39, 0.29) is 18.3 Å². The first kappa shape index (κ1) is 20.4. The van der Waals surface area contributed by atoms with Crippen molar-refractivity contribution in [1.29, 1.82) is 0 Å². The number of nitrogens with zero attached hydrogens (tertiary/aromatic N) is 1. The Morgan fingerprint density at radius 1 is 1.17 bits per heavy atom. The number of benzene rings is 2. The molecule has 6 nitrogen and oxygen atoms in total. The standard InChI is InChI=1S/C23H22ClNO5/c1-13(22(27)16-3-5-20-15(9-16)7-8-25(20)14(2)26)30-23(28)18-10-17-11-19(24)4-6-21(17)29-12-18/h3-6,9,11,13,18H,7-8,10,12H2,1-2H3/t13-,18-/m1/s1. The van der Waals surface area contributed by atoms with Crippen LogP contribution in [0.1, 0.15) is 35.3 Å². The van der Waals surface area contributed by atoms with Crippen LogP contribution in [0.3, 0.4) is 0 Å². The van der Waals surface area contributed by atoms with Gasteiger partial charge in [0.25, 0.3) is 0 Å². The summed E-state index contributed by atoms with van der Waals surface area (Å²) in [6.07, 6.45) is 0.239. The zero-order chi connectivity index (χ0) is 21.4. The third kappa shape index (κ3) is 3.92. The first-order valence-corrected chi connectivity index (χ1v) is 10.3. The van der Waals surface area contributed by atoms with Gasteiger partial charge in [-0.05, 0) is 67.3 Å². The summed E-state index contributed by atoms with van der Waals surface area (Å²) in [7, 11) is 0. The number of carbonyl (C=O) groups is 3. The number of amides is 1. The maximum Gasteiger partial charge on any atom is 0.313 e. The summed E-state index contributed by atoms with van der Waals surface area (Å²) in [5.41, 5.74) is 3.10. The van der Waals surface area contributed by atoms with Gasteiger partial charge in [0.15, 0.2) is 6.10 Å². The number of anilines is 1. The van der Waals surface area contributed by atoms with E-state index in [0.717, 1.165) is 16.8 Å². The number of hydrogen-bond donors (Lipinski definition) is 0. The predicted molar refractivity (Wildman–Crippen MR) is 112 cm³/mol. The zero-order valence-corrected chi connectivity index (χ0v) is 17.6. The first-order valence-electron chi connectivity index (χ1n) is 9.90. The number of carbonyl (C=O) groups excluding carboxylic acids is 3. The molecule has 0 N–H and O–H groups in total. The van der Waals surface area contributed by atoms with E-state index in [0.29, 0.717) is 35.7 Å². The van der Waals surface area contributed by atoms with Gasteiger partial charge >= 0.3 is 5.97 Å². The number of ketones is 1. The Bertz CT molecular complexity index is 1030. The second-order valence-corrected chi connectivity index (χ2v) is 8.11. The third-order valence-corrected chi connectivity index (χ3v) is 5.80. The fourth-order valence-corrected chi connectivity index (χ4v) is 4.15. The number of ether oxygens (including phenoxy) is 2. The Morgan fingerprint density at radius 2 is 1.97 bits per heavy atom. The summed E-state index contributed by atoms with van der Waals surface area (Å²) in [5, 5.41) is 0.579. The van der Waals surface area contributed by atoms with Crippen molar-refractivity contribution in [2.75, 3.05) is 18.1 Å². The molecule has 0 spiro atoms. The molecule has 0 saturated heterocycles. The second-order valence-electron chi connectivity index (χ2n) is 7.67. The van der Waals surface area contributed by atoms with Crippen LogP contribution in [0.25, 0.3) is 0 Å². The molecule has 2 aromatic carbocycles. The highest BCUT2D eigenvalue weighted by Gasteiger charge is 2.31. The van der Waals surface area contributed by atoms with Gasteiger partial charge in [-0.15, -0.1) is 0 Å². The maximum absolute atomic E-state index is 12.8. The van der Waals surface area contributed by atoms with Crippen molar-refractivity contribution in [3.8, 4) is 5.75 Å². The number of rotatable bonds is 4. The van der Waals surface area contributed by atoms with Gasteiger partial charge in [0.05, 0.1) is 5.92 Å². The van der Waals surface area contributed by atoms with Gasteiger partial charge in [0.2, 0.25) is 11.7 Å². The molecule has 1 amide bonds. The summed E-state index contributed by atoms with van der Waals surface area (Å²) >= 11 is 6.03. The molecule has 0 aliphatic carbocycles. The van der Waals surface area contributed by atoms with E-state index in [1.807, 2.05) is 0 Å². The van der Waals surface area contributed by atoms with E-state index < -0.39 is 18.0 Å². The molecule has 2 aliphatic heterocycles. The number of esters is 1. The maximum atomic E-state index is 12.8. The molecule has 2 aromatic rings. The molecule has 0 radical (unpaired) electrons. The minimum absolute atomic E-state index is 0.0207. The first-order chi connectivity index (χ1) is 14.3. The van der Waals surface area contributed by atoms with Gasteiger partial charge in [-0.1, -0.05) is 11.6 Å². The lowest BCUT2D eigenvalue weighted by molar-refractivity contribution is -0.152. The molecule has 156 valence electrons. The molecular formula is C23H22ClNO5. The zero-order valence-electron chi connectivity index (χ0n) is 16.8. The van der Waals surface area contributed by atoms with Crippen molar-refractivity contribution in [2.24, 2.45) is 5.92 Å². The number of Topliss-reactive ketones (excluding diaryl/α,β-unsaturated/α-hetero) is 1. The van der Waals surface area contributed by atoms with E-state index in [1.54, 1.807) is 48.2 Å². The highest BCUT2D eigenvalue weighted by atomic mass is 35.5. The molecule has 2 atom stereocenters. The molecule has 0 fully saturated rings. The van der Waals surface area contributed by atoms with Gasteiger partial charge in [-0.3, -0.25) is 14.4 Å². The fourth-order valence-electron chi connectivity index (χ4n) is 3.96. The normalized spacial score (nSPS) is 18.1. The lowest BCUT2D eigenvalue weighted by Gasteiger charge is -2.25. The minimum Gasteiger partial charge on any atom is -0.492 e. The monoisotopic (exact) mass is 427 g/mol. The summed E-state index contributed by atoms with van der Waals surface area (Å²) in [4.78, 5) is 38.8. The summed E-state index contributed by atoms with van der Waals surface area (Å²) < 4.78 is 11.1. The molecule has 0 saturated carbocycles. The smallest absolute Gasteiger partial charge is 0.313 e. The van der Waals surface area contributed by atoms with Crippen LogP contribution in [0.2, 0.25) is 5.02 Å². The van der Waals surface area contributed by atoms with Gasteiger partial charge in [0, 0.05) is 29.7 Å². The van der Waals surface area contributed by atoms with Gasteiger partial charge < -0.3 is 14.4 Å². The molecule has 0 unspecified atom stereocenters. The van der Waals surface area contributed by atoms with Crippen LogP contribution in [-0.2, 0) is 27.2 Å². The molecule has 2 heterocycles. The lowest BCUT2D eigenvalue weighted by Crippen LogP contribution is -2.34. The van der Waals surface area contributed by atoms with Crippen molar-refractivity contribution in [2.45, 2.75) is 32.8 Å². The van der Waals surface area contributed by atoms with Gasteiger partial charge in [-0.2, -0.15) is 0 Å². The Balaban J connectivity index is 1.42. The molecule has 4 rings (SSSR count). The molecule has 7 heteroatoms. The van der Waals surface area contributed by atoms with Crippen molar-refractivity contribution in [1.82, 2.24) is 0 Å². The quantitative estimate of drug-likeness (QED) is 0.550. The molecule has 2 aliphatic rings. The Hall–Kier alpha value is -2.86. The molecule has 0 aromatic heterocycles. The summed E-state index contributed by atoms with van der Waals surface area (Å²) in [6.45, 7) is 3.91. The minimum atomic E-state index is -0.915. The van der Waals surface area contributed by atoms with Crippen molar-refractivity contribution < 1.29 is 23.9 Å². The van der Waals surface area contributed by atoms with E-state index in [1.165, 1.54) is 6.92 Å². The van der Waals surface area contributed by atoms with E-state index >= 15 is 0 Å². The number of fused-ring (bicyclic) bond motifs is 2. The van der Waals surface area contributed by atoms with Crippen molar-refractivity contribution in [3.05, 3.63) is 58.1 Å². The molecule has 30 heavy (non-hydrogen) atoms. The van der Waals surface area contributed by atoms with Crippen molar-refractivity contribution >= 4 is 34.9 Å². The van der Waals surface area contributed by atoms with E-state index in [4.69, 9.17) is 21.1 Å². The Labute approximate surface area is 179 Å².